The van der Waals surface area contributed by atoms with Gasteiger partial charge in [0.25, 0.3) is 0 Å². The van der Waals surface area contributed by atoms with Crippen LogP contribution in [-0.2, 0) is 26.8 Å². The van der Waals surface area contributed by atoms with Crippen LogP contribution in [0.15, 0.2) is 55.2 Å². The van der Waals surface area contributed by atoms with Gasteiger partial charge < -0.3 is 4.84 Å². The zero-order valence-electron chi connectivity index (χ0n) is 23.6. The number of nitrogens with zero attached hydrogens (tertiary/aromatic N) is 7. The van der Waals surface area contributed by atoms with Crippen molar-refractivity contribution in [2.24, 2.45) is 5.92 Å². The Morgan fingerprint density at radius 3 is 2.54 bits per heavy atom. The predicted molar refractivity (Wildman–Crippen MR) is 153 cm³/mol. The van der Waals surface area contributed by atoms with Crippen molar-refractivity contribution in [3.8, 4) is 17.3 Å². The smallest absolute Gasteiger partial charge is 0.334 e. The Balaban J connectivity index is 1.35. The molecule has 0 spiro atoms. The van der Waals surface area contributed by atoms with Crippen LogP contribution in [0.2, 0.25) is 0 Å². The van der Waals surface area contributed by atoms with Crippen LogP contribution in [-0.4, -0.2) is 62.0 Å². The number of rotatable bonds is 10. The first kappa shape index (κ1) is 28.4. The minimum absolute atomic E-state index is 0.00380. The van der Waals surface area contributed by atoms with Crippen LogP contribution < -0.4 is 4.84 Å². The molecule has 1 saturated heterocycles. The molecule has 0 N–H and O–H groups in total. The van der Waals surface area contributed by atoms with Gasteiger partial charge in [-0.25, -0.2) is 23.2 Å². The molecule has 1 unspecified atom stereocenters. The van der Waals surface area contributed by atoms with Crippen molar-refractivity contribution in [2.45, 2.75) is 52.0 Å². The second-order valence-corrected chi connectivity index (χ2v) is 13.2. The molecule has 1 aliphatic rings. The molecule has 4 aromatic rings. The summed E-state index contributed by atoms with van der Waals surface area (Å²) in [4.78, 5) is 27.5. The highest BCUT2D eigenvalue weighted by Crippen LogP contribution is 2.36. The number of nitriles is 1. The molecular formula is C29H33N7O4S. The first-order valence-corrected chi connectivity index (χ1v) is 15.2. The van der Waals surface area contributed by atoms with E-state index in [0.717, 1.165) is 12.0 Å². The van der Waals surface area contributed by atoms with Crippen LogP contribution >= 0.6 is 0 Å². The Kier molecular flexibility index (Phi) is 7.68. The molecule has 3 aromatic heterocycles. The monoisotopic (exact) mass is 575 g/mol. The fourth-order valence-corrected chi connectivity index (χ4v) is 6.38. The fourth-order valence-electron chi connectivity index (χ4n) is 5.14. The van der Waals surface area contributed by atoms with Gasteiger partial charge in [0.15, 0.2) is 5.65 Å². The van der Waals surface area contributed by atoms with Crippen molar-refractivity contribution in [1.82, 2.24) is 28.8 Å². The third-order valence-electron chi connectivity index (χ3n) is 7.56. The SMILES string of the molecule is CCS(=O)(=O)N1CC(CC#N)(n2cc(-c3ncnc4c3ccn4OC(=O)C(C)c3ccc(CC(C)C)cc3)cn2)C1. The number of benzene rings is 1. The van der Waals surface area contributed by atoms with Crippen LogP contribution in [0, 0.1) is 17.2 Å². The third-order valence-corrected chi connectivity index (χ3v) is 9.34. The summed E-state index contributed by atoms with van der Waals surface area (Å²) < 4.78 is 29.0. The molecule has 0 saturated carbocycles. The van der Waals surface area contributed by atoms with Crippen LogP contribution in [0.3, 0.4) is 0 Å². The average Bonchev–Trinajstić information content (AvgIpc) is 3.58. The molecular weight excluding hydrogens is 542 g/mol. The summed E-state index contributed by atoms with van der Waals surface area (Å²) in [5.74, 6) is -0.334. The molecule has 1 fully saturated rings. The lowest BCUT2D eigenvalue weighted by Crippen LogP contribution is -2.64. The van der Waals surface area contributed by atoms with Gasteiger partial charge in [-0.1, -0.05) is 38.1 Å². The van der Waals surface area contributed by atoms with Crippen molar-refractivity contribution in [3.63, 3.8) is 0 Å². The number of sulfonamides is 1. The van der Waals surface area contributed by atoms with E-state index in [2.05, 4.69) is 47.1 Å². The highest BCUT2D eigenvalue weighted by atomic mass is 32.2. The van der Waals surface area contributed by atoms with E-state index in [1.54, 1.807) is 36.3 Å². The van der Waals surface area contributed by atoms with Crippen LogP contribution in [0.4, 0.5) is 0 Å². The lowest BCUT2D eigenvalue weighted by atomic mass is 9.89. The zero-order chi connectivity index (χ0) is 29.4. The van der Waals surface area contributed by atoms with Crippen molar-refractivity contribution < 1.29 is 18.0 Å². The van der Waals surface area contributed by atoms with Gasteiger partial charge in [0, 0.05) is 36.4 Å². The van der Waals surface area contributed by atoms with Gasteiger partial charge in [0.1, 0.15) is 11.9 Å². The van der Waals surface area contributed by atoms with E-state index >= 15 is 0 Å². The molecule has 1 aliphatic heterocycles. The zero-order valence-corrected chi connectivity index (χ0v) is 24.4. The van der Waals surface area contributed by atoms with E-state index in [1.807, 2.05) is 19.1 Å². The van der Waals surface area contributed by atoms with E-state index in [0.29, 0.717) is 28.2 Å². The van der Waals surface area contributed by atoms with Gasteiger partial charge in [-0.05, 0) is 43.4 Å². The molecule has 0 amide bonds. The van der Waals surface area contributed by atoms with Crippen molar-refractivity contribution in [1.29, 1.82) is 5.26 Å². The van der Waals surface area contributed by atoms with Crippen molar-refractivity contribution >= 4 is 27.0 Å². The summed E-state index contributed by atoms with van der Waals surface area (Å²) >= 11 is 0. The number of aromatic nitrogens is 5. The fraction of sp³-hybridized carbons (Fsp3) is 0.414. The topological polar surface area (TPSA) is 136 Å². The Morgan fingerprint density at radius 2 is 1.88 bits per heavy atom. The third kappa shape index (κ3) is 5.47. The Bertz CT molecular complexity index is 1710. The van der Waals surface area contributed by atoms with E-state index in [-0.39, 0.29) is 25.3 Å². The summed E-state index contributed by atoms with van der Waals surface area (Å²) in [5.41, 5.74) is 3.03. The van der Waals surface area contributed by atoms with Gasteiger partial charge in [-0.3, -0.25) is 4.68 Å². The first-order chi connectivity index (χ1) is 19.6. The minimum Gasteiger partial charge on any atom is -0.334 e. The lowest BCUT2D eigenvalue weighted by molar-refractivity contribution is -0.145. The van der Waals surface area contributed by atoms with Gasteiger partial charge in [-0.2, -0.15) is 19.4 Å². The Hall–Kier alpha value is -4.08. The summed E-state index contributed by atoms with van der Waals surface area (Å²) in [6.07, 6.45) is 7.51. The maximum atomic E-state index is 13.0. The van der Waals surface area contributed by atoms with Gasteiger partial charge in [0.2, 0.25) is 10.0 Å². The number of fused-ring (bicyclic) bond motifs is 1. The van der Waals surface area contributed by atoms with E-state index in [4.69, 9.17) is 4.84 Å². The number of carbonyl (C=O) groups is 1. The standard InChI is InChI=1S/C29H33N7O4S/c1-5-41(38,39)34-17-29(18-34,11-12-30)36-16-24(15-33-36)26-25-10-13-35(27(25)32-19-31-26)40-28(37)21(4)23-8-6-22(7-9-23)14-20(2)3/h6-10,13,15-16,19-21H,5,11,14,17-18H2,1-4H3. The molecule has 12 heteroatoms. The molecule has 4 heterocycles. The molecule has 0 radical (unpaired) electrons. The van der Waals surface area contributed by atoms with Crippen molar-refractivity contribution in [2.75, 3.05) is 18.8 Å². The summed E-state index contributed by atoms with van der Waals surface area (Å²) in [6.45, 7) is 8.12. The molecule has 41 heavy (non-hydrogen) atoms. The number of carbonyl (C=O) groups excluding carboxylic acids is 1. The first-order valence-electron chi connectivity index (χ1n) is 13.6. The van der Waals surface area contributed by atoms with Crippen LogP contribution in [0.25, 0.3) is 22.3 Å². The highest BCUT2D eigenvalue weighted by Gasteiger charge is 2.49. The molecule has 11 nitrogen and oxygen atoms in total. The average molecular weight is 576 g/mol. The van der Waals surface area contributed by atoms with Gasteiger partial charge in [-0.15, -0.1) is 0 Å². The van der Waals surface area contributed by atoms with E-state index in [1.165, 1.54) is 20.9 Å². The lowest BCUT2D eigenvalue weighted by Gasteiger charge is -2.47. The van der Waals surface area contributed by atoms with Gasteiger partial charge >= 0.3 is 5.97 Å². The molecule has 214 valence electrons. The summed E-state index contributed by atoms with van der Waals surface area (Å²) in [6, 6.07) is 12.0. The summed E-state index contributed by atoms with van der Waals surface area (Å²) in [5, 5.41) is 14.6. The molecule has 1 atom stereocenters. The Morgan fingerprint density at radius 1 is 1.15 bits per heavy atom. The highest BCUT2D eigenvalue weighted by molar-refractivity contribution is 7.89. The van der Waals surface area contributed by atoms with Crippen molar-refractivity contribution in [3.05, 3.63) is 66.4 Å². The summed E-state index contributed by atoms with van der Waals surface area (Å²) in [7, 11) is -3.35. The maximum Gasteiger partial charge on any atom is 0.340 e. The number of hydrogen-bond acceptors (Lipinski definition) is 8. The maximum absolute atomic E-state index is 13.0. The molecule has 5 rings (SSSR count). The van der Waals surface area contributed by atoms with E-state index in [9.17, 15) is 18.5 Å². The largest absolute Gasteiger partial charge is 0.340 e. The normalized spacial score (nSPS) is 15.9. The van der Waals surface area contributed by atoms with E-state index < -0.39 is 27.4 Å². The Labute approximate surface area is 239 Å². The second-order valence-electron chi connectivity index (χ2n) is 11.0. The van der Waals surface area contributed by atoms with Gasteiger partial charge in [0.05, 0.1) is 36.1 Å². The van der Waals surface area contributed by atoms with Crippen LogP contribution in [0.5, 0.6) is 0 Å². The molecule has 1 aromatic carbocycles. The number of hydrogen-bond donors (Lipinski definition) is 0. The quantitative estimate of drug-likeness (QED) is 0.280. The second kappa shape index (κ2) is 11.1. The minimum atomic E-state index is -3.35. The predicted octanol–water partition coefficient (Wildman–Crippen LogP) is 3.53. The molecule has 0 bridgehead atoms. The van der Waals surface area contributed by atoms with Crippen LogP contribution in [0.1, 0.15) is 51.2 Å². The molecule has 0 aliphatic carbocycles.